The molecule has 22 heavy (non-hydrogen) atoms. The van der Waals surface area contributed by atoms with Gasteiger partial charge in [0.25, 0.3) is 0 Å². The minimum atomic E-state index is 0.0211. The fraction of sp³-hybridized carbons (Fsp3) is 0.211. The van der Waals surface area contributed by atoms with E-state index in [1.54, 1.807) is 0 Å². The van der Waals surface area contributed by atoms with Crippen LogP contribution in [-0.2, 0) is 5.41 Å². The Bertz CT molecular complexity index is 702. The first kappa shape index (κ1) is 13.1. The molecule has 3 aromatic rings. The van der Waals surface area contributed by atoms with Crippen LogP contribution in [0, 0.1) is 0 Å². The van der Waals surface area contributed by atoms with Crippen LogP contribution >= 0.6 is 0 Å². The van der Waals surface area contributed by atoms with Gasteiger partial charge in [0, 0.05) is 42.6 Å². The highest BCUT2D eigenvalue weighted by Crippen LogP contribution is 2.58. The Morgan fingerprint density at radius 2 is 1.14 bits per heavy atom. The van der Waals surface area contributed by atoms with Gasteiger partial charge in [-0.1, -0.05) is 0 Å². The van der Waals surface area contributed by atoms with Crippen LogP contribution in [0.3, 0.4) is 0 Å². The molecule has 1 saturated carbocycles. The van der Waals surface area contributed by atoms with Gasteiger partial charge >= 0.3 is 0 Å². The van der Waals surface area contributed by atoms with Gasteiger partial charge in [0.05, 0.1) is 0 Å². The fourth-order valence-electron chi connectivity index (χ4n) is 3.78. The summed E-state index contributed by atoms with van der Waals surface area (Å²) in [4.78, 5) is 12.5. The standard InChI is InChI=1S/C19H17N3/c1-8-19(16-4-11-21-12-5-16,17-6-13-22-14-7-17)18(1)15-2-9-20-10-3-15/h2-7,9-14,18H,1,8H2. The predicted octanol–water partition coefficient (Wildman–Crippen LogP) is 3.74. The molecule has 1 aliphatic carbocycles. The van der Waals surface area contributed by atoms with Crippen LogP contribution in [0.15, 0.2) is 73.6 Å². The summed E-state index contributed by atoms with van der Waals surface area (Å²) in [5.41, 5.74) is 4.05. The van der Waals surface area contributed by atoms with Crippen molar-refractivity contribution >= 4 is 0 Å². The van der Waals surface area contributed by atoms with Crippen molar-refractivity contribution < 1.29 is 0 Å². The predicted molar refractivity (Wildman–Crippen MR) is 85.5 cm³/mol. The monoisotopic (exact) mass is 287 g/mol. The molecule has 1 unspecified atom stereocenters. The Labute approximate surface area is 130 Å². The molecule has 3 heteroatoms. The summed E-state index contributed by atoms with van der Waals surface area (Å²) in [7, 11) is 0. The van der Waals surface area contributed by atoms with Gasteiger partial charge < -0.3 is 0 Å². The van der Waals surface area contributed by atoms with Crippen molar-refractivity contribution in [3.05, 3.63) is 90.3 Å². The first-order valence-corrected chi connectivity index (χ1v) is 7.62. The topological polar surface area (TPSA) is 38.7 Å². The second kappa shape index (κ2) is 5.34. The molecular weight excluding hydrogens is 270 g/mol. The lowest BCUT2D eigenvalue weighted by molar-refractivity contribution is 0.240. The van der Waals surface area contributed by atoms with E-state index < -0.39 is 0 Å². The summed E-state index contributed by atoms with van der Waals surface area (Å²) < 4.78 is 0. The smallest absolute Gasteiger partial charge is 0.0273 e. The fourth-order valence-corrected chi connectivity index (χ4v) is 3.78. The average Bonchev–Trinajstić information content (AvgIpc) is 2.57. The summed E-state index contributed by atoms with van der Waals surface area (Å²) in [5.74, 6) is 0.473. The largest absolute Gasteiger partial charge is 0.265 e. The first-order chi connectivity index (χ1) is 10.9. The Kier molecular flexibility index (Phi) is 3.19. The zero-order chi connectivity index (χ0) is 14.8. The molecule has 0 bridgehead atoms. The van der Waals surface area contributed by atoms with Crippen molar-refractivity contribution in [2.45, 2.75) is 24.2 Å². The van der Waals surface area contributed by atoms with Crippen molar-refractivity contribution in [2.24, 2.45) is 0 Å². The molecule has 1 atom stereocenters. The molecular formula is C19H17N3. The zero-order valence-electron chi connectivity index (χ0n) is 12.3. The Hall–Kier alpha value is -2.55. The van der Waals surface area contributed by atoms with Crippen LogP contribution in [0.1, 0.15) is 35.4 Å². The summed E-state index contributed by atoms with van der Waals surface area (Å²) in [5, 5.41) is 0. The number of nitrogens with zero attached hydrogens (tertiary/aromatic N) is 3. The summed E-state index contributed by atoms with van der Waals surface area (Å²) in [6, 6.07) is 12.9. The minimum Gasteiger partial charge on any atom is -0.265 e. The number of aromatic nitrogens is 3. The molecule has 0 amide bonds. The van der Waals surface area contributed by atoms with Gasteiger partial charge in [0.1, 0.15) is 0 Å². The van der Waals surface area contributed by atoms with Crippen LogP contribution in [0.5, 0.6) is 0 Å². The zero-order valence-corrected chi connectivity index (χ0v) is 12.3. The normalized spacial score (nSPS) is 19.4. The highest BCUT2D eigenvalue weighted by atomic mass is 14.6. The van der Waals surface area contributed by atoms with E-state index in [4.69, 9.17) is 0 Å². The molecule has 0 aromatic carbocycles. The first-order valence-electron chi connectivity index (χ1n) is 7.62. The molecule has 108 valence electrons. The number of rotatable bonds is 3. The summed E-state index contributed by atoms with van der Waals surface area (Å²) in [6.45, 7) is 0. The van der Waals surface area contributed by atoms with E-state index >= 15 is 0 Å². The maximum absolute atomic E-state index is 4.19. The van der Waals surface area contributed by atoms with E-state index in [-0.39, 0.29) is 5.41 Å². The molecule has 4 rings (SSSR count). The van der Waals surface area contributed by atoms with E-state index in [1.807, 2.05) is 37.2 Å². The SMILES string of the molecule is c1cc(C2CCC2(c2ccncc2)c2ccncc2)ccn1. The third-order valence-corrected chi connectivity index (χ3v) is 4.92. The Morgan fingerprint density at radius 3 is 1.55 bits per heavy atom. The van der Waals surface area contributed by atoms with E-state index in [0.717, 1.165) is 6.42 Å². The van der Waals surface area contributed by atoms with Gasteiger partial charge in [-0.25, -0.2) is 0 Å². The Morgan fingerprint density at radius 1 is 0.682 bits per heavy atom. The van der Waals surface area contributed by atoms with Crippen molar-refractivity contribution in [1.82, 2.24) is 15.0 Å². The van der Waals surface area contributed by atoms with Crippen LogP contribution in [-0.4, -0.2) is 15.0 Å². The molecule has 0 N–H and O–H groups in total. The maximum atomic E-state index is 4.19. The molecule has 0 aliphatic heterocycles. The number of pyridine rings is 3. The van der Waals surface area contributed by atoms with Gasteiger partial charge in [-0.2, -0.15) is 0 Å². The number of hydrogen-bond acceptors (Lipinski definition) is 3. The van der Waals surface area contributed by atoms with Gasteiger partial charge in [0.2, 0.25) is 0 Å². The highest BCUT2D eigenvalue weighted by Gasteiger charge is 2.49. The summed E-state index contributed by atoms with van der Waals surface area (Å²) >= 11 is 0. The molecule has 3 heterocycles. The van der Waals surface area contributed by atoms with Crippen LogP contribution in [0.2, 0.25) is 0 Å². The van der Waals surface area contributed by atoms with Gasteiger partial charge in [-0.05, 0) is 71.8 Å². The van der Waals surface area contributed by atoms with E-state index in [9.17, 15) is 0 Å². The van der Waals surface area contributed by atoms with Crippen molar-refractivity contribution in [2.75, 3.05) is 0 Å². The number of hydrogen-bond donors (Lipinski definition) is 0. The molecule has 1 fully saturated rings. The molecule has 1 aliphatic rings. The van der Waals surface area contributed by atoms with Crippen molar-refractivity contribution in [3.63, 3.8) is 0 Å². The molecule has 3 nitrogen and oxygen atoms in total. The Balaban J connectivity index is 1.88. The molecule has 0 radical (unpaired) electrons. The third-order valence-electron chi connectivity index (χ3n) is 4.92. The highest BCUT2D eigenvalue weighted by molar-refractivity contribution is 5.47. The van der Waals surface area contributed by atoms with Gasteiger partial charge in [0.15, 0.2) is 0 Å². The lowest BCUT2D eigenvalue weighted by atomic mass is 9.52. The molecule has 3 aromatic heterocycles. The molecule has 0 saturated heterocycles. The van der Waals surface area contributed by atoms with Gasteiger partial charge in [-0.15, -0.1) is 0 Å². The van der Waals surface area contributed by atoms with Crippen LogP contribution in [0.25, 0.3) is 0 Å². The minimum absolute atomic E-state index is 0.0211. The second-order valence-corrected chi connectivity index (χ2v) is 5.81. The summed E-state index contributed by atoms with van der Waals surface area (Å²) in [6.07, 6.45) is 13.7. The van der Waals surface area contributed by atoms with E-state index in [2.05, 4.69) is 51.4 Å². The van der Waals surface area contributed by atoms with Crippen LogP contribution in [0.4, 0.5) is 0 Å². The maximum Gasteiger partial charge on any atom is 0.0273 e. The second-order valence-electron chi connectivity index (χ2n) is 5.81. The van der Waals surface area contributed by atoms with Crippen molar-refractivity contribution in [1.29, 1.82) is 0 Å². The van der Waals surface area contributed by atoms with E-state index in [1.165, 1.54) is 23.1 Å². The third kappa shape index (κ3) is 1.93. The molecule has 0 spiro atoms. The lowest BCUT2D eigenvalue weighted by Gasteiger charge is -2.51. The van der Waals surface area contributed by atoms with Crippen LogP contribution < -0.4 is 0 Å². The lowest BCUT2D eigenvalue weighted by Crippen LogP contribution is -2.43. The average molecular weight is 287 g/mol. The quantitative estimate of drug-likeness (QED) is 0.736. The van der Waals surface area contributed by atoms with Crippen molar-refractivity contribution in [3.8, 4) is 0 Å². The van der Waals surface area contributed by atoms with E-state index in [0.29, 0.717) is 5.92 Å². The van der Waals surface area contributed by atoms with Gasteiger partial charge in [-0.3, -0.25) is 15.0 Å².